The number of rotatable bonds is 8. The molecule has 0 bridgehead atoms. The molecule has 154 valence electrons. The van der Waals surface area contributed by atoms with Gasteiger partial charge >= 0.3 is 5.97 Å². The van der Waals surface area contributed by atoms with E-state index in [1.165, 1.54) is 18.4 Å². The largest absolute Gasteiger partial charge is 0.496 e. The molecule has 1 heterocycles. The van der Waals surface area contributed by atoms with Crippen molar-refractivity contribution in [1.29, 1.82) is 0 Å². The maximum absolute atomic E-state index is 12.1. The number of benzene rings is 2. The summed E-state index contributed by atoms with van der Waals surface area (Å²) in [4.78, 5) is 36.0. The molecule has 0 saturated carbocycles. The molecule has 30 heavy (non-hydrogen) atoms. The molecule has 8 heteroatoms. The predicted molar refractivity (Wildman–Crippen MR) is 108 cm³/mol. The van der Waals surface area contributed by atoms with Crippen molar-refractivity contribution in [2.45, 2.75) is 6.54 Å². The lowest BCUT2D eigenvalue weighted by molar-refractivity contribution is -0.124. The van der Waals surface area contributed by atoms with E-state index in [0.29, 0.717) is 11.4 Å². The molecule has 0 aliphatic carbocycles. The van der Waals surface area contributed by atoms with Crippen molar-refractivity contribution in [3.63, 3.8) is 0 Å². The van der Waals surface area contributed by atoms with Gasteiger partial charge in [0.2, 0.25) is 0 Å². The molecule has 0 fully saturated rings. The minimum atomic E-state index is -0.647. The van der Waals surface area contributed by atoms with Crippen LogP contribution in [-0.2, 0) is 16.1 Å². The lowest BCUT2D eigenvalue weighted by Gasteiger charge is -2.10. The molecular formula is C22H20N2O6. The van der Waals surface area contributed by atoms with Crippen LogP contribution in [0.4, 0.5) is 5.69 Å². The molecule has 8 nitrogen and oxygen atoms in total. The Balaban J connectivity index is 1.46. The number of ether oxygens (including phenoxy) is 2. The molecule has 2 N–H and O–H groups in total. The summed E-state index contributed by atoms with van der Waals surface area (Å²) in [5, 5.41) is 5.32. The summed E-state index contributed by atoms with van der Waals surface area (Å²) >= 11 is 0. The summed E-state index contributed by atoms with van der Waals surface area (Å²) in [5.41, 5.74) is 1.55. The normalized spacial score (nSPS) is 10.2. The van der Waals surface area contributed by atoms with Gasteiger partial charge < -0.3 is 24.5 Å². The summed E-state index contributed by atoms with van der Waals surface area (Å²) in [7, 11) is 1.55. The maximum atomic E-state index is 12.1. The minimum Gasteiger partial charge on any atom is -0.496 e. The van der Waals surface area contributed by atoms with E-state index >= 15 is 0 Å². The van der Waals surface area contributed by atoms with Crippen LogP contribution < -0.4 is 15.4 Å². The van der Waals surface area contributed by atoms with Crippen molar-refractivity contribution in [1.82, 2.24) is 5.32 Å². The topological polar surface area (TPSA) is 107 Å². The maximum Gasteiger partial charge on any atom is 0.338 e. The van der Waals surface area contributed by atoms with Crippen molar-refractivity contribution < 1.29 is 28.3 Å². The lowest BCUT2D eigenvalue weighted by Crippen LogP contribution is -2.28. The van der Waals surface area contributed by atoms with E-state index in [0.717, 1.165) is 5.56 Å². The number of para-hydroxylation sites is 1. The van der Waals surface area contributed by atoms with E-state index in [2.05, 4.69) is 10.6 Å². The monoisotopic (exact) mass is 408 g/mol. The first-order valence-electron chi connectivity index (χ1n) is 9.07. The SMILES string of the molecule is COc1ccccc1CNC(=O)COC(=O)c1ccc(NC(=O)c2ccco2)cc1. The van der Waals surface area contributed by atoms with Crippen LogP contribution in [0.25, 0.3) is 0 Å². The predicted octanol–water partition coefficient (Wildman–Crippen LogP) is 3.01. The molecule has 0 unspecified atom stereocenters. The fourth-order valence-corrected chi connectivity index (χ4v) is 2.60. The number of nitrogens with one attached hydrogen (secondary N) is 2. The van der Waals surface area contributed by atoms with Crippen molar-refractivity contribution in [2.75, 3.05) is 19.0 Å². The average Bonchev–Trinajstić information content (AvgIpc) is 3.32. The number of carbonyl (C=O) groups is 3. The van der Waals surface area contributed by atoms with Crippen LogP contribution in [0.3, 0.4) is 0 Å². The Labute approximate surface area is 172 Å². The number of methoxy groups -OCH3 is 1. The van der Waals surface area contributed by atoms with Crippen LogP contribution in [-0.4, -0.2) is 31.5 Å². The van der Waals surface area contributed by atoms with Gasteiger partial charge in [0, 0.05) is 17.8 Å². The van der Waals surface area contributed by atoms with Gasteiger partial charge in [0.1, 0.15) is 5.75 Å². The van der Waals surface area contributed by atoms with E-state index < -0.39 is 24.4 Å². The number of anilines is 1. The van der Waals surface area contributed by atoms with E-state index in [1.54, 1.807) is 37.4 Å². The van der Waals surface area contributed by atoms with Crippen molar-refractivity contribution in [2.24, 2.45) is 0 Å². The molecule has 0 aliphatic rings. The third-order valence-electron chi connectivity index (χ3n) is 4.13. The Bertz CT molecular complexity index is 1010. The fraction of sp³-hybridized carbons (Fsp3) is 0.136. The number of esters is 1. The van der Waals surface area contributed by atoms with Crippen LogP contribution in [0.5, 0.6) is 5.75 Å². The van der Waals surface area contributed by atoms with Gasteiger partial charge in [0.25, 0.3) is 11.8 Å². The first-order valence-corrected chi connectivity index (χ1v) is 9.07. The van der Waals surface area contributed by atoms with Crippen LogP contribution in [0.2, 0.25) is 0 Å². The van der Waals surface area contributed by atoms with Gasteiger partial charge in [-0.25, -0.2) is 4.79 Å². The number of hydrogen-bond donors (Lipinski definition) is 2. The average molecular weight is 408 g/mol. The van der Waals surface area contributed by atoms with Crippen LogP contribution >= 0.6 is 0 Å². The molecule has 1 aromatic heterocycles. The number of hydrogen-bond acceptors (Lipinski definition) is 6. The molecule has 0 radical (unpaired) electrons. The summed E-state index contributed by atoms with van der Waals surface area (Å²) < 4.78 is 15.3. The highest BCUT2D eigenvalue weighted by Crippen LogP contribution is 2.16. The molecule has 0 aliphatic heterocycles. The van der Waals surface area contributed by atoms with Gasteiger partial charge in [-0.1, -0.05) is 18.2 Å². The number of amides is 2. The Hall–Kier alpha value is -4.07. The number of carbonyl (C=O) groups excluding carboxylic acids is 3. The molecule has 0 spiro atoms. The third kappa shape index (κ3) is 5.48. The van der Waals surface area contributed by atoms with Crippen molar-refractivity contribution in [3.05, 3.63) is 83.8 Å². The van der Waals surface area contributed by atoms with E-state index in [1.807, 2.05) is 18.2 Å². The molecule has 2 aromatic carbocycles. The second-order valence-electron chi connectivity index (χ2n) is 6.17. The van der Waals surface area contributed by atoms with Crippen LogP contribution in [0.1, 0.15) is 26.5 Å². The zero-order chi connectivity index (χ0) is 21.3. The van der Waals surface area contributed by atoms with Gasteiger partial charge in [-0.2, -0.15) is 0 Å². The Morgan fingerprint density at radius 2 is 1.73 bits per heavy atom. The standard InChI is InChI=1S/C22H20N2O6/c1-28-18-6-3-2-5-16(18)13-23-20(25)14-30-22(27)15-8-10-17(11-9-15)24-21(26)19-7-4-12-29-19/h2-12H,13-14H2,1H3,(H,23,25)(H,24,26). The van der Waals surface area contributed by atoms with E-state index in [9.17, 15) is 14.4 Å². The molecule has 0 atom stereocenters. The molecular weight excluding hydrogens is 388 g/mol. The Morgan fingerprint density at radius 1 is 0.967 bits per heavy atom. The molecule has 3 rings (SSSR count). The minimum absolute atomic E-state index is 0.178. The van der Waals surface area contributed by atoms with E-state index in [4.69, 9.17) is 13.9 Å². The quantitative estimate of drug-likeness (QED) is 0.555. The summed E-state index contributed by atoms with van der Waals surface area (Å²) in [6.07, 6.45) is 1.40. The summed E-state index contributed by atoms with van der Waals surface area (Å²) in [6, 6.07) is 16.5. The first-order chi connectivity index (χ1) is 14.6. The molecule has 0 saturated heterocycles. The number of furan rings is 1. The summed E-state index contributed by atoms with van der Waals surface area (Å²) in [5.74, 6) is -0.642. The van der Waals surface area contributed by atoms with Crippen molar-refractivity contribution in [3.8, 4) is 5.75 Å². The van der Waals surface area contributed by atoms with Crippen molar-refractivity contribution >= 4 is 23.5 Å². The van der Waals surface area contributed by atoms with Gasteiger partial charge in [0.15, 0.2) is 12.4 Å². The second kappa shape index (κ2) is 9.92. The highest BCUT2D eigenvalue weighted by Gasteiger charge is 2.12. The van der Waals surface area contributed by atoms with Gasteiger partial charge in [-0.15, -0.1) is 0 Å². The Kier molecular flexibility index (Phi) is 6.83. The smallest absolute Gasteiger partial charge is 0.338 e. The zero-order valence-electron chi connectivity index (χ0n) is 16.2. The van der Waals surface area contributed by atoms with Crippen LogP contribution in [0.15, 0.2) is 71.3 Å². The summed E-state index contributed by atoms with van der Waals surface area (Å²) in [6.45, 7) is -0.157. The zero-order valence-corrected chi connectivity index (χ0v) is 16.2. The van der Waals surface area contributed by atoms with E-state index in [-0.39, 0.29) is 17.9 Å². The highest BCUT2D eigenvalue weighted by molar-refractivity contribution is 6.02. The fourth-order valence-electron chi connectivity index (χ4n) is 2.60. The van der Waals surface area contributed by atoms with Gasteiger partial charge in [0.05, 0.1) is 18.9 Å². The Morgan fingerprint density at radius 3 is 2.43 bits per heavy atom. The first kappa shape index (κ1) is 20.7. The van der Waals surface area contributed by atoms with Gasteiger partial charge in [-0.3, -0.25) is 9.59 Å². The third-order valence-corrected chi connectivity index (χ3v) is 4.13. The van der Waals surface area contributed by atoms with Gasteiger partial charge in [-0.05, 0) is 42.5 Å². The highest BCUT2D eigenvalue weighted by atomic mass is 16.5. The molecule has 3 aromatic rings. The second-order valence-corrected chi connectivity index (χ2v) is 6.17. The molecule has 2 amide bonds. The lowest BCUT2D eigenvalue weighted by atomic mass is 10.2. The van der Waals surface area contributed by atoms with Crippen LogP contribution in [0, 0.1) is 0 Å².